The second kappa shape index (κ2) is 3.90. The van der Waals surface area contributed by atoms with Crippen molar-refractivity contribution in [2.45, 2.75) is 19.3 Å². The van der Waals surface area contributed by atoms with Crippen molar-refractivity contribution in [2.24, 2.45) is 11.3 Å². The van der Waals surface area contributed by atoms with Gasteiger partial charge >= 0.3 is 5.97 Å². The van der Waals surface area contributed by atoms with Gasteiger partial charge in [0.25, 0.3) is 0 Å². The van der Waals surface area contributed by atoms with Crippen molar-refractivity contribution < 1.29 is 14.3 Å². The number of hydrogen-bond acceptors (Lipinski definition) is 4. The maximum absolute atomic E-state index is 12.8. The SMILES string of the molecule is O=C(O)C1CN(c2ncc(F)cn2)CC12CCC2. The third kappa shape index (κ3) is 1.63. The van der Waals surface area contributed by atoms with Crippen LogP contribution in [0.15, 0.2) is 12.4 Å². The zero-order valence-corrected chi connectivity index (χ0v) is 9.84. The van der Waals surface area contributed by atoms with Gasteiger partial charge in [-0.2, -0.15) is 0 Å². The molecule has 1 atom stereocenters. The first-order valence-corrected chi connectivity index (χ1v) is 6.06. The lowest BCUT2D eigenvalue weighted by Gasteiger charge is -2.40. The number of carboxylic acid groups (broad SMARTS) is 1. The van der Waals surface area contributed by atoms with E-state index >= 15 is 0 Å². The summed E-state index contributed by atoms with van der Waals surface area (Å²) in [4.78, 5) is 21.0. The molecule has 3 rings (SSSR count). The molecule has 6 heteroatoms. The molecule has 96 valence electrons. The van der Waals surface area contributed by atoms with E-state index in [-0.39, 0.29) is 11.3 Å². The molecule has 0 aromatic carbocycles. The maximum atomic E-state index is 12.8. The number of nitrogens with zero attached hydrogens (tertiary/aromatic N) is 3. The maximum Gasteiger partial charge on any atom is 0.308 e. The van der Waals surface area contributed by atoms with Gasteiger partial charge in [-0.3, -0.25) is 4.79 Å². The van der Waals surface area contributed by atoms with Gasteiger partial charge in [0.05, 0.1) is 18.3 Å². The third-order valence-electron chi connectivity index (χ3n) is 4.18. The summed E-state index contributed by atoms with van der Waals surface area (Å²) in [6, 6.07) is 0. The van der Waals surface area contributed by atoms with E-state index in [2.05, 4.69) is 9.97 Å². The number of rotatable bonds is 2. The van der Waals surface area contributed by atoms with Crippen LogP contribution >= 0.6 is 0 Å². The van der Waals surface area contributed by atoms with Crippen molar-refractivity contribution >= 4 is 11.9 Å². The first-order valence-electron chi connectivity index (χ1n) is 6.06. The Kier molecular flexibility index (Phi) is 2.46. The number of carboxylic acids is 1. The monoisotopic (exact) mass is 251 g/mol. The molecule has 0 bridgehead atoms. The zero-order valence-electron chi connectivity index (χ0n) is 9.84. The van der Waals surface area contributed by atoms with E-state index in [0.29, 0.717) is 19.0 Å². The topological polar surface area (TPSA) is 66.3 Å². The summed E-state index contributed by atoms with van der Waals surface area (Å²) in [6.07, 6.45) is 5.21. The summed E-state index contributed by atoms with van der Waals surface area (Å²) in [6.45, 7) is 1.08. The van der Waals surface area contributed by atoms with E-state index in [0.717, 1.165) is 31.7 Å². The lowest BCUT2D eigenvalue weighted by molar-refractivity contribution is -0.146. The molecule has 1 aromatic rings. The Morgan fingerprint density at radius 2 is 2.11 bits per heavy atom. The number of aliphatic carboxylic acids is 1. The Hall–Kier alpha value is -1.72. The van der Waals surface area contributed by atoms with Gasteiger partial charge in [-0.05, 0) is 12.8 Å². The molecule has 1 aliphatic heterocycles. The van der Waals surface area contributed by atoms with E-state index < -0.39 is 11.8 Å². The van der Waals surface area contributed by atoms with Crippen LogP contribution in [0, 0.1) is 17.2 Å². The third-order valence-corrected chi connectivity index (χ3v) is 4.18. The van der Waals surface area contributed by atoms with Crippen LogP contribution in [-0.2, 0) is 4.79 Å². The molecule has 0 amide bonds. The molecule has 1 aliphatic carbocycles. The molecule has 1 unspecified atom stereocenters. The average molecular weight is 251 g/mol. The first kappa shape index (κ1) is 11.4. The molecule has 1 aromatic heterocycles. The minimum Gasteiger partial charge on any atom is -0.481 e. The number of halogens is 1. The second-order valence-corrected chi connectivity index (χ2v) is 5.19. The predicted octanol–water partition coefficient (Wildman–Crippen LogP) is 1.31. The molecule has 1 N–H and O–H groups in total. The molecule has 5 nitrogen and oxygen atoms in total. The Morgan fingerprint density at radius 3 is 2.56 bits per heavy atom. The van der Waals surface area contributed by atoms with Crippen LogP contribution in [0.4, 0.5) is 10.3 Å². The van der Waals surface area contributed by atoms with Crippen molar-refractivity contribution in [1.29, 1.82) is 0 Å². The molecule has 1 saturated heterocycles. The fourth-order valence-corrected chi connectivity index (χ4v) is 3.07. The van der Waals surface area contributed by atoms with Crippen molar-refractivity contribution in [1.82, 2.24) is 9.97 Å². The highest BCUT2D eigenvalue weighted by Gasteiger charge is 2.54. The molecule has 18 heavy (non-hydrogen) atoms. The molecule has 2 fully saturated rings. The Bertz CT molecular complexity index is 473. The van der Waals surface area contributed by atoms with Gasteiger partial charge in [0.15, 0.2) is 5.82 Å². The second-order valence-electron chi connectivity index (χ2n) is 5.19. The highest BCUT2D eigenvalue weighted by atomic mass is 19.1. The van der Waals surface area contributed by atoms with Crippen LogP contribution in [-0.4, -0.2) is 34.1 Å². The van der Waals surface area contributed by atoms with Crippen molar-refractivity contribution in [2.75, 3.05) is 18.0 Å². The molecule has 1 spiro atoms. The summed E-state index contributed by atoms with van der Waals surface area (Å²) in [7, 11) is 0. The van der Waals surface area contributed by atoms with Crippen LogP contribution < -0.4 is 4.90 Å². The van der Waals surface area contributed by atoms with Crippen LogP contribution in [0.25, 0.3) is 0 Å². The fourth-order valence-electron chi connectivity index (χ4n) is 3.07. The number of hydrogen-bond donors (Lipinski definition) is 1. The van der Waals surface area contributed by atoms with Gasteiger partial charge in [-0.25, -0.2) is 14.4 Å². The minimum atomic E-state index is -0.751. The molecule has 2 heterocycles. The van der Waals surface area contributed by atoms with Crippen LogP contribution in [0.3, 0.4) is 0 Å². The van der Waals surface area contributed by atoms with E-state index in [4.69, 9.17) is 0 Å². The van der Waals surface area contributed by atoms with Crippen LogP contribution in [0.2, 0.25) is 0 Å². The fraction of sp³-hybridized carbons (Fsp3) is 0.583. The van der Waals surface area contributed by atoms with Gasteiger partial charge in [0, 0.05) is 18.5 Å². The molecular weight excluding hydrogens is 237 g/mol. The zero-order chi connectivity index (χ0) is 12.8. The Balaban J connectivity index is 1.84. The minimum absolute atomic E-state index is 0.121. The number of aromatic nitrogens is 2. The standard InChI is InChI=1S/C12H14FN3O2/c13-8-4-14-11(15-5-8)16-6-9(10(17)18)12(7-16)2-1-3-12/h4-5,9H,1-3,6-7H2,(H,17,18). The molecule has 1 saturated carbocycles. The van der Waals surface area contributed by atoms with Gasteiger partial charge in [-0.1, -0.05) is 6.42 Å². The highest BCUT2D eigenvalue weighted by molar-refractivity contribution is 5.73. The lowest BCUT2D eigenvalue weighted by Crippen LogP contribution is -2.40. The molecule has 2 aliphatic rings. The van der Waals surface area contributed by atoms with E-state index in [1.165, 1.54) is 0 Å². The van der Waals surface area contributed by atoms with E-state index in [1.54, 1.807) is 0 Å². The first-order chi connectivity index (χ1) is 8.61. The van der Waals surface area contributed by atoms with Crippen LogP contribution in [0.5, 0.6) is 0 Å². The smallest absolute Gasteiger partial charge is 0.308 e. The van der Waals surface area contributed by atoms with E-state index in [9.17, 15) is 14.3 Å². The van der Waals surface area contributed by atoms with Gasteiger partial charge in [-0.15, -0.1) is 0 Å². The predicted molar refractivity (Wildman–Crippen MR) is 61.6 cm³/mol. The Labute approximate surface area is 104 Å². The summed E-state index contributed by atoms with van der Waals surface area (Å²) >= 11 is 0. The lowest BCUT2D eigenvalue weighted by atomic mass is 9.63. The van der Waals surface area contributed by atoms with Crippen molar-refractivity contribution in [3.8, 4) is 0 Å². The Morgan fingerprint density at radius 1 is 1.44 bits per heavy atom. The number of carbonyl (C=O) groups is 1. The summed E-state index contributed by atoms with van der Waals surface area (Å²) < 4.78 is 12.8. The average Bonchev–Trinajstić information content (AvgIpc) is 2.70. The van der Waals surface area contributed by atoms with E-state index in [1.807, 2.05) is 4.90 Å². The summed E-state index contributed by atoms with van der Waals surface area (Å²) in [5, 5.41) is 9.30. The highest BCUT2D eigenvalue weighted by Crippen LogP contribution is 2.52. The van der Waals surface area contributed by atoms with Crippen LogP contribution in [0.1, 0.15) is 19.3 Å². The van der Waals surface area contributed by atoms with Crippen molar-refractivity contribution in [3.05, 3.63) is 18.2 Å². The largest absolute Gasteiger partial charge is 0.481 e. The normalized spacial score (nSPS) is 25.2. The van der Waals surface area contributed by atoms with Gasteiger partial charge < -0.3 is 10.0 Å². The quantitative estimate of drug-likeness (QED) is 0.858. The number of anilines is 1. The van der Waals surface area contributed by atoms with Crippen molar-refractivity contribution in [3.63, 3.8) is 0 Å². The summed E-state index contributed by atoms with van der Waals surface area (Å²) in [5.74, 6) is -1.17. The molecule has 0 radical (unpaired) electrons. The summed E-state index contributed by atoms with van der Waals surface area (Å²) in [5.41, 5.74) is -0.121. The van der Waals surface area contributed by atoms with Gasteiger partial charge in [0.1, 0.15) is 0 Å². The van der Waals surface area contributed by atoms with Gasteiger partial charge in [0.2, 0.25) is 5.95 Å². The molecular formula is C12H14FN3O2.